The van der Waals surface area contributed by atoms with Crippen LogP contribution >= 0.6 is 15.9 Å². The molecule has 2 aromatic heterocycles. The lowest BCUT2D eigenvalue weighted by atomic mass is 10.2. The van der Waals surface area contributed by atoms with Gasteiger partial charge in [-0.05, 0) is 24.3 Å². The van der Waals surface area contributed by atoms with Crippen molar-refractivity contribution in [3.8, 4) is 11.4 Å². The highest BCUT2D eigenvalue weighted by Crippen LogP contribution is 2.22. The second kappa shape index (κ2) is 4.10. The average Bonchev–Trinajstić information content (AvgIpc) is 2.75. The predicted molar refractivity (Wildman–Crippen MR) is 74.5 cm³/mol. The Morgan fingerprint density at radius 2 is 2.11 bits per heavy atom. The van der Waals surface area contributed by atoms with Gasteiger partial charge in [-0.1, -0.05) is 15.9 Å². The van der Waals surface area contributed by atoms with Gasteiger partial charge in [0.1, 0.15) is 5.82 Å². The highest BCUT2D eigenvalue weighted by atomic mass is 79.9. The fourth-order valence-electron chi connectivity index (χ4n) is 1.81. The Kier molecular flexibility index (Phi) is 2.56. The molecule has 0 saturated heterocycles. The van der Waals surface area contributed by atoms with Gasteiger partial charge in [-0.3, -0.25) is 4.79 Å². The zero-order chi connectivity index (χ0) is 12.7. The Morgan fingerprint density at radius 3 is 2.89 bits per heavy atom. The number of rotatable bonds is 1. The molecule has 0 unspecified atom stereocenters. The molecule has 0 aliphatic rings. The molecule has 0 atom stereocenters. The van der Waals surface area contributed by atoms with Crippen molar-refractivity contribution in [1.29, 1.82) is 0 Å². The number of pyridine rings is 1. The van der Waals surface area contributed by atoms with Gasteiger partial charge < -0.3 is 9.55 Å². The Labute approximate surface area is 111 Å². The summed E-state index contributed by atoms with van der Waals surface area (Å²) in [5.41, 5.74) is 2.58. The molecule has 90 valence electrons. The van der Waals surface area contributed by atoms with Gasteiger partial charge in [-0.25, -0.2) is 4.98 Å². The number of nitrogens with one attached hydrogen (secondary N) is 1. The molecule has 18 heavy (non-hydrogen) atoms. The number of aromatic amines is 1. The summed E-state index contributed by atoms with van der Waals surface area (Å²) in [6.07, 6.45) is 1.74. The third-order valence-electron chi connectivity index (χ3n) is 2.82. The van der Waals surface area contributed by atoms with Crippen LogP contribution in [-0.2, 0) is 7.05 Å². The van der Waals surface area contributed by atoms with Gasteiger partial charge in [-0.15, -0.1) is 0 Å². The number of benzene rings is 1. The quantitative estimate of drug-likeness (QED) is 0.751. The first-order valence-corrected chi connectivity index (χ1v) is 6.25. The minimum Gasteiger partial charge on any atom is -0.338 e. The lowest BCUT2D eigenvalue weighted by Gasteiger charge is -1.98. The standard InChI is InChI=1S/C13H10BrN3O/c1-17-5-4-8(6-12(17)18)13-15-10-3-2-9(14)7-11(10)16-13/h2-7H,1H3,(H,15,16). The maximum Gasteiger partial charge on any atom is 0.250 e. The highest BCUT2D eigenvalue weighted by molar-refractivity contribution is 9.10. The van der Waals surface area contributed by atoms with Crippen molar-refractivity contribution in [3.63, 3.8) is 0 Å². The van der Waals surface area contributed by atoms with Crippen LogP contribution < -0.4 is 5.56 Å². The van der Waals surface area contributed by atoms with Gasteiger partial charge in [0, 0.05) is 29.3 Å². The van der Waals surface area contributed by atoms with Crippen molar-refractivity contribution in [2.24, 2.45) is 7.05 Å². The van der Waals surface area contributed by atoms with Crippen LogP contribution in [0.15, 0.2) is 45.8 Å². The predicted octanol–water partition coefficient (Wildman–Crippen LogP) is 2.69. The number of H-pyrrole nitrogens is 1. The van der Waals surface area contributed by atoms with Crippen molar-refractivity contribution >= 4 is 27.0 Å². The Morgan fingerprint density at radius 1 is 1.28 bits per heavy atom. The van der Waals surface area contributed by atoms with E-state index in [9.17, 15) is 4.79 Å². The van der Waals surface area contributed by atoms with Crippen LogP contribution in [0.25, 0.3) is 22.4 Å². The molecular weight excluding hydrogens is 294 g/mol. The van der Waals surface area contributed by atoms with E-state index < -0.39 is 0 Å². The zero-order valence-electron chi connectivity index (χ0n) is 9.64. The molecule has 3 rings (SSSR count). The van der Waals surface area contributed by atoms with Crippen LogP contribution in [0.5, 0.6) is 0 Å². The minimum atomic E-state index is -0.0471. The largest absolute Gasteiger partial charge is 0.338 e. The molecule has 0 amide bonds. The van der Waals surface area contributed by atoms with E-state index in [1.807, 2.05) is 24.3 Å². The van der Waals surface area contributed by atoms with Crippen LogP contribution in [-0.4, -0.2) is 14.5 Å². The molecule has 0 saturated carbocycles. The second-order valence-corrected chi connectivity index (χ2v) is 5.03. The molecular formula is C13H10BrN3O. The fraction of sp³-hybridized carbons (Fsp3) is 0.0769. The number of halogens is 1. The maximum absolute atomic E-state index is 11.6. The monoisotopic (exact) mass is 303 g/mol. The van der Waals surface area contributed by atoms with Gasteiger partial charge in [-0.2, -0.15) is 0 Å². The van der Waals surface area contributed by atoms with Crippen molar-refractivity contribution < 1.29 is 0 Å². The van der Waals surface area contributed by atoms with E-state index in [4.69, 9.17) is 0 Å². The molecule has 1 N–H and O–H groups in total. The van der Waals surface area contributed by atoms with Crippen LogP contribution in [0.1, 0.15) is 0 Å². The molecule has 1 aromatic carbocycles. The lowest BCUT2D eigenvalue weighted by molar-refractivity contribution is 0.860. The average molecular weight is 304 g/mol. The molecule has 0 bridgehead atoms. The van der Waals surface area contributed by atoms with Gasteiger partial charge in [0.15, 0.2) is 0 Å². The number of hydrogen-bond acceptors (Lipinski definition) is 2. The number of aryl methyl sites for hydroxylation is 1. The second-order valence-electron chi connectivity index (χ2n) is 4.11. The van der Waals surface area contributed by atoms with Gasteiger partial charge in [0.05, 0.1) is 11.0 Å². The minimum absolute atomic E-state index is 0.0471. The third-order valence-corrected chi connectivity index (χ3v) is 3.31. The van der Waals surface area contributed by atoms with E-state index >= 15 is 0 Å². The zero-order valence-corrected chi connectivity index (χ0v) is 11.2. The summed E-state index contributed by atoms with van der Waals surface area (Å²) in [6.45, 7) is 0. The highest BCUT2D eigenvalue weighted by Gasteiger charge is 2.06. The van der Waals surface area contributed by atoms with E-state index in [1.54, 1.807) is 19.3 Å². The summed E-state index contributed by atoms with van der Waals surface area (Å²) >= 11 is 3.42. The van der Waals surface area contributed by atoms with Gasteiger partial charge >= 0.3 is 0 Å². The summed E-state index contributed by atoms with van der Waals surface area (Å²) in [7, 11) is 1.72. The number of imidazole rings is 1. The summed E-state index contributed by atoms with van der Waals surface area (Å²) < 4.78 is 2.53. The first kappa shape index (κ1) is 11.2. The fourth-order valence-corrected chi connectivity index (χ4v) is 2.18. The van der Waals surface area contributed by atoms with Crippen molar-refractivity contribution in [1.82, 2.24) is 14.5 Å². The van der Waals surface area contributed by atoms with E-state index in [0.29, 0.717) is 5.82 Å². The van der Waals surface area contributed by atoms with Gasteiger partial charge in [0.25, 0.3) is 5.56 Å². The van der Waals surface area contributed by atoms with Crippen LogP contribution in [0, 0.1) is 0 Å². The molecule has 2 heterocycles. The Hall–Kier alpha value is -1.88. The first-order valence-electron chi connectivity index (χ1n) is 5.46. The molecule has 4 nitrogen and oxygen atoms in total. The lowest BCUT2D eigenvalue weighted by Crippen LogP contribution is -2.14. The number of fused-ring (bicyclic) bond motifs is 1. The number of hydrogen-bond donors (Lipinski definition) is 1. The molecule has 0 spiro atoms. The van der Waals surface area contributed by atoms with Crippen molar-refractivity contribution in [3.05, 3.63) is 51.4 Å². The van der Waals surface area contributed by atoms with E-state index in [1.165, 1.54) is 4.57 Å². The molecule has 0 aliphatic carbocycles. The molecule has 5 heteroatoms. The smallest absolute Gasteiger partial charge is 0.250 e. The molecule has 0 aliphatic heterocycles. The number of nitrogens with zero attached hydrogens (tertiary/aromatic N) is 2. The first-order chi connectivity index (χ1) is 8.63. The summed E-state index contributed by atoms with van der Waals surface area (Å²) in [5, 5.41) is 0. The third kappa shape index (κ3) is 1.86. The van der Waals surface area contributed by atoms with Crippen LogP contribution in [0.2, 0.25) is 0 Å². The maximum atomic E-state index is 11.6. The number of aromatic nitrogens is 3. The van der Waals surface area contributed by atoms with Crippen molar-refractivity contribution in [2.45, 2.75) is 0 Å². The van der Waals surface area contributed by atoms with Crippen LogP contribution in [0.4, 0.5) is 0 Å². The molecule has 0 radical (unpaired) electrons. The van der Waals surface area contributed by atoms with E-state index in [0.717, 1.165) is 21.1 Å². The van der Waals surface area contributed by atoms with E-state index in [2.05, 4.69) is 25.9 Å². The normalized spacial score (nSPS) is 11.0. The Bertz CT molecular complexity index is 788. The van der Waals surface area contributed by atoms with Gasteiger partial charge in [0.2, 0.25) is 0 Å². The topological polar surface area (TPSA) is 50.7 Å². The SMILES string of the molecule is Cn1ccc(-c2nc3ccc(Br)cc3[nH]2)cc1=O. The van der Waals surface area contributed by atoms with Crippen LogP contribution in [0.3, 0.4) is 0 Å². The Balaban J connectivity index is 2.19. The van der Waals surface area contributed by atoms with Crippen molar-refractivity contribution in [2.75, 3.05) is 0 Å². The molecule has 0 fully saturated rings. The van der Waals surface area contributed by atoms with E-state index in [-0.39, 0.29) is 5.56 Å². The molecule has 3 aromatic rings. The summed E-state index contributed by atoms with van der Waals surface area (Å²) in [6, 6.07) is 9.28. The summed E-state index contributed by atoms with van der Waals surface area (Å²) in [5.74, 6) is 0.709. The summed E-state index contributed by atoms with van der Waals surface area (Å²) in [4.78, 5) is 19.3.